The molecule has 1 fully saturated rings. The summed E-state index contributed by atoms with van der Waals surface area (Å²) in [4.78, 5) is 10.9. The molecule has 1 unspecified atom stereocenters. The summed E-state index contributed by atoms with van der Waals surface area (Å²) in [7, 11) is 0. The third-order valence-corrected chi connectivity index (χ3v) is 5.70. The van der Waals surface area contributed by atoms with Gasteiger partial charge in [0.25, 0.3) is 0 Å². The lowest BCUT2D eigenvalue weighted by molar-refractivity contribution is 0.0997. The van der Waals surface area contributed by atoms with E-state index in [1.807, 2.05) is 41.4 Å². The highest BCUT2D eigenvalue weighted by Crippen LogP contribution is 2.37. The summed E-state index contributed by atoms with van der Waals surface area (Å²) in [5.74, 6) is 0. The molecule has 0 saturated carbocycles. The van der Waals surface area contributed by atoms with Crippen LogP contribution in [-0.4, -0.2) is 32.9 Å². The van der Waals surface area contributed by atoms with Crippen LogP contribution >= 0.6 is 11.8 Å². The van der Waals surface area contributed by atoms with Gasteiger partial charge in [-0.1, -0.05) is 49.4 Å². The number of fused-ring (bicyclic) bond motifs is 1. The lowest BCUT2D eigenvalue weighted by Gasteiger charge is -2.21. The summed E-state index contributed by atoms with van der Waals surface area (Å²) in [6, 6.07) is 18.3. The number of rotatable bonds is 5. The van der Waals surface area contributed by atoms with Crippen LogP contribution in [0.25, 0.3) is 17.0 Å². The summed E-state index contributed by atoms with van der Waals surface area (Å²) in [6.45, 7) is 2.96. The maximum atomic E-state index is 10.9. The van der Waals surface area contributed by atoms with Gasteiger partial charge in [-0.3, -0.25) is 0 Å². The van der Waals surface area contributed by atoms with Crippen LogP contribution in [0.3, 0.4) is 0 Å². The number of thioether (sulfide) groups is 1. The van der Waals surface area contributed by atoms with Crippen molar-refractivity contribution in [1.82, 2.24) is 9.88 Å². The molecule has 1 atom stereocenters. The highest BCUT2D eigenvalue weighted by molar-refractivity contribution is 8.17. The van der Waals surface area contributed by atoms with Crippen LogP contribution in [0.1, 0.15) is 25.3 Å². The molecule has 0 aliphatic carbocycles. The first-order valence-corrected chi connectivity index (χ1v) is 10.1. The number of aliphatic imine (C=N–C) groups is 1. The molecule has 2 aromatic carbocycles. The number of aliphatic hydroxyl groups excluding tert-OH is 1. The zero-order valence-corrected chi connectivity index (χ0v) is 16.1. The van der Waals surface area contributed by atoms with Gasteiger partial charge in [-0.15, -0.1) is 0 Å². The van der Waals surface area contributed by atoms with E-state index in [1.54, 1.807) is 11.8 Å². The number of hydrogen-bond acceptors (Lipinski definition) is 3. The van der Waals surface area contributed by atoms with Crippen molar-refractivity contribution in [2.24, 2.45) is 4.99 Å². The van der Waals surface area contributed by atoms with E-state index >= 15 is 0 Å². The second-order valence-electron chi connectivity index (χ2n) is 6.62. The second-order valence-corrected chi connectivity index (χ2v) is 7.66. The zero-order chi connectivity index (χ0) is 18.6. The Kier molecular flexibility index (Phi) is 5.32. The number of aliphatic hydroxyl groups is 1. The highest BCUT2D eigenvalue weighted by atomic mass is 32.2. The minimum absolute atomic E-state index is 0.647. The highest BCUT2D eigenvalue weighted by Gasteiger charge is 2.32. The molecule has 2 N–H and O–H groups in total. The number of benzene rings is 2. The molecule has 27 heavy (non-hydrogen) atoms. The summed E-state index contributed by atoms with van der Waals surface area (Å²) in [5, 5.41) is 12.9. The normalized spacial score (nSPS) is 20.2. The largest absolute Gasteiger partial charge is 0.369 e. The summed E-state index contributed by atoms with van der Waals surface area (Å²) >= 11 is 1.55. The van der Waals surface area contributed by atoms with E-state index in [9.17, 15) is 5.11 Å². The van der Waals surface area contributed by atoms with E-state index in [4.69, 9.17) is 4.99 Å². The molecule has 3 aromatic rings. The number of hydrogen-bond donors (Lipinski definition) is 2. The van der Waals surface area contributed by atoms with Gasteiger partial charge in [0.05, 0.1) is 5.69 Å². The van der Waals surface area contributed by atoms with Gasteiger partial charge in [0, 0.05) is 23.2 Å². The molecule has 2 heterocycles. The first-order chi connectivity index (χ1) is 13.2. The molecular weight excluding hydrogens is 354 g/mol. The van der Waals surface area contributed by atoms with Crippen molar-refractivity contribution in [1.29, 1.82) is 0 Å². The van der Waals surface area contributed by atoms with Crippen molar-refractivity contribution < 1.29 is 5.11 Å². The van der Waals surface area contributed by atoms with E-state index in [-0.39, 0.29) is 0 Å². The Bertz CT molecular complexity index is 977. The van der Waals surface area contributed by atoms with Gasteiger partial charge in [0.1, 0.15) is 0 Å². The summed E-state index contributed by atoms with van der Waals surface area (Å²) in [6.07, 6.45) is 5.46. The number of nitrogens with one attached hydrogen (secondary N) is 1. The molecular formula is C22H23N3OS. The summed E-state index contributed by atoms with van der Waals surface area (Å²) in [5.41, 5.74) is 3.11. The first-order valence-electron chi connectivity index (χ1n) is 9.29. The Morgan fingerprint density at radius 2 is 2.04 bits per heavy atom. The first kappa shape index (κ1) is 17.9. The van der Waals surface area contributed by atoms with Crippen molar-refractivity contribution in [2.75, 3.05) is 6.54 Å². The third kappa shape index (κ3) is 3.94. The Labute approximate surface area is 163 Å². The molecule has 0 amide bonds. The molecule has 138 valence electrons. The van der Waals surface area contributed by atoms with Crippen molar-refractivity contribution in [3.63, 3.8) is 0 Å². The molecule has 1 saturated heterocycles. The molecule has 4 rings (SSSR count). The van der Waals surface area contributed by atoms with Crippen molar-refractivity contribution in [2.45, 2.75) is 26.0 Å². The average molecular weight is 378 g/mol. The number of amidine groups is 1. The maximum Gasteiger partial charge on any atom is 0.171 e. The molecule has 0 bridgehead atoms. The SMILES string of the molecule is CCCCN1C(=Nc2ccccc2)S/C(=C\c2ccc3[nH]ccc3c2)C1O. The monoisotopic (exact) mass is 377 g/mol. The van der Waals surface area contributed by atoms with Crippen molar-refractivity contribution in [3.05, 3.63) is 71.3 Å². The zero-order valence-electron chi connectivity index (χ0n) is 15.3. The van der Waals surface area contributed by atoms with E-state index in [0.29, 0.717) is 0 Å². The molecule has 4 nitrogen and oxygen atoms in total. The molecule has 1 aromatic heterocycles. The van der Waals surface area contributed by atoms with Gasteiger partial charge in [-0.05, 0) is 53.8 Å². The minimum atomic E-state index is -0.647. The fourth-order valence-corrected chi connectivity index (χ4v) is 4.25. The van der Waals surface area contributed by atoms with E-state index in [2.05, 4.69) is 42.2 Å². The van der Waals surface area contributed by atoms with Gasteiger partial charge >= 0.3 is 0 Å². The predicted molar refractivity (Wildman–Crippen MR) is 115 cm³/mol. The van der Waals surface area contributed by atoms with Crippen LogP contribution in [0, 0.1) is 0 Å². The fourth-order valence-electron chi connectivity index (χ4n) is 3.15. The number of para-hydroxylation sites is 1. The van der Waals surface area contributed by atoms with Gasteiger partial charge in [-0.2, -0.15) is 0 Å². The number of aromatic nitrogens is 1. The van der Waals surface area contributed by atoms with Gasteiger partial charge < -0.3 is 15.0 Å². The van der Waals surface area contributed by atoms with Crippen molar-refractivity contribution in [3.8, 4) is 0 Å². The van der Waals surface area contributed by atoms with Crippen LogP contribution in [0.4, 0.5) is 5.69 Å². The Morgan fingerprint density at radius 1 is 1.19 bits per heavy atom. The number of unbranched alkanes of at least 4 members (excludes halogenated alkanes) is 1. The summed E-state index contributed by atoms with van der Waals surface area (Å²) < 4.78 is 0. The van der Waals surface area contributed by atoms with Crippen LogP contribution < -0.4 is 0 Å². The Morgan fingerprint density at radius 3 is 2.85 bits per heavy atom. The van der Waals surface area contributed by atoms with E-state index < -0.39 is 6.23 Å². The van der Waals surface area contributed by atoms with E-state index in [1.165, 1.54) is 5.39 Å². The van der Waals surface area contributed by atoms with E-state index in [0.717, 1.165) is 46.2 Å². The second kappa shape index (κ2) is 8.03. The molecule has 0 spiro atoms. The molecule has 0 radical (unpaired) electrons. The molecule has 5 heteroatoms. The van der Waals surface area contributed by atoms with Gasteiger partial charge in [0.2, 0.25) is 0 Å². The number of H-pyrrole nitrogens is 1. The Hall–Kier alpha value is -2.50. The average Bonchev–Trinajstić information content (AvgIpc) is 3.26. The quantitative estimate of drug-likeness (QED) is 0.629. The smallest absolute Gasteiger partial charge is 0.171 e. The van der Waals surface area contributed by atoms with Crippen molar-refractivity contribution >= 4 is 39.6 Å². The van der Waals surface area contributed by atoms with Crippen LogP contribution in [0.5, 0.6) is 0 Å². The fraction of sp³-hybridized carbons (Fsp3) is 0.227. The van der Waals surface area contributed by atoms with Gasteiger partial charge in [-0.25, -0.2) is 4.99 Å². The molecule has 1 aliphatic rings. The van der Waals surface area contributed by atoms with Crippen LogP contribution in [0.15, 0.2) is 70.7 Å². The number of nitrogens with zero attached hydrogens (tertiary/aromatic N) is 2. The van der Waals surface area contributed by atoms with Crippen LogP contribution in [-0.2, 0) is 0 Å². The lowest BCUT2D eigenvalue weighted by Crippen LogP contribution is -2.33. The Balaban J connectivity index is 1.65. The topological polar surface area (TPSA) is 51.6 Å². The van der Waals surface area contributed by atoms with Crippen LogP contribution in [0.2, 0.25) is 0 Å². The van der Waals surface area contributed by atoms with Gasteiger partial charge in [0.15, 0.2) is 11.4 Å². The number of aromatic amines is 1. The lowest BCUT2D eigenvalue weighted by atomic mass is 10.1. The molecule has 1 aliphatic heterocycles. The standard InChI is InChI=1S/C22H23N3OS/c1-2-3-13-25-21(26)20(27-22(25)24-18-7-5-4-6-8-18)15-16-9-10-19-17(14-16)11-12-23-19/h4-12,14-15,21,23,26H,2-3,13H2,1H3/b20-15-,24-22?. The minimum Gasteiger partial charge on any atom is -0.369 e. The maximum absolute atomic E-state index is 10.9. The predicted octanol–water partition coefficient (Wildman–Crippen LogP) is 5.36. The third-order valence-electron chi connectivity index (χ3n) is 4.62.